The fraction of sp³-hybridized carbons (Fsp3) is 0.148. The molecule has 1 unspecified atom stereocenters. The van der Waals surface area contributed by atoms with Crippen LogP contribution >= 0.6 is 0 Å². The molecule has 0 aliphatic heterocycles. The Balaban J connectivity index is 1.67. The number of carboxylic acid groups (broad SMARTS) is 1. The van der Waals surface area contributed by atoms with Crippen molar-refractivity contribution >= 4 is 22.6 Å². The van der Waals surface area contributed by atoms with Crippen molar-refractivity contribution in [3.05, 3.63) is 95.7 Å². The van der Waals surface area contributed by atoms with E-state index in [1.54, 1.807) is 19.2 Å². The van der Waals surface area contributed by atoms with E-state index in [0.29, 0.717) is 11.4 Å². The number of rotatable bonds is 7. The maximum atomic E-state index is 13.1. The Morgan fingerprint density at radius 2 is 1.70 bits per heavy atom. The third-order valence-electron chi connectivity index (χ3n) is 5.50. The molecule has 0 saturated heterocycles. The molecule has 33 heavy (non-hydrogen) atoms. The number of hydrogen-bond donors (Lipinski definition) is 2. The van der Waals surface area contributed by atoms with Gasteiger partial charge in [0.1, 0.15) is 17.1 Å². The van der Waals surface area contributed by atoms with Crippen LogP contribution in [0.15, 0.2) is 78.9 Å². The number of methoxy groups -OCH3 is 1. The fourth-order valence-electron chi connectivity index (χ4n) is 3.74. The number of hydrogen-bond acceptors (Lipinski definition) is 4. The van der Waals surface area contributed by atoms with Gasteiger partial charge < -0.3 is 15.2 Å². The molecule has 0 spiro atoms. The minimum Gasteiger partial charge on any atom is -0.494 e. The number of aryl methyl sites for hydroxylation is 1. The number of benzene rings is 3. The second-order valence-electron chi connectivity index (χ2n) is 7.84. The first-order chi connectivity index (χ1) is 15.9. The van der Waals surface area contributed by atoms with E-state index in [4.69, 9.17) is 4.74 Å². The predicted molar refractivity (Wildman–Crippen MR) is 127 cm³/mol. The summed E-state index contributed by atoms with van der Waals surface area (Å²) in [6.45, 7) is 1.95. The van der Waals surface area contributed by atoms with E-state index in [1.165, 1.54) is 0 Å². The zero-order valence-electron chi connectivity index (χ0n) is 18.4. The highest BCUT2D eigenvalue weighted by molar-refractivity contribution is 5.94. The lowest BCUT2D eigenvalue weighted by molar-refractivity contribution is -0.137. The molecule has 1 aromatic heterocycles. The van der Waals surface area contributed by atoms with Crippen LogP contribution in [0.4, 0.5) is 0 Å². The van der Waals surface area contributed by atoms with E-state index in [1.807, 2.05) is 73.7 Å². The van der Waals surface area contributed by atoms with E-state index in [-0.39, 0.29) is 12.1 Å². The average Bonchev–Trinajstić information content (AvgIpc) is 2.83. The molecule has 6 nitrogen and oxygen atoms in total. The van der Waals surface area contributed by atoms with Crippen LogP contribution in [0.2, 0.25) is 0 Å². The largest absolute Gasteiger partial charge is 0.494 e. The van der Waals surface area contributed by atoms with Crippen LogP contribution in [-0.4, -0.2) is 29.1 Å². The van der Waals surface area contributed by atoms with E-state index >= 15 is 0 Å². The Labute approximate surface area is 191 Å². The zero-order chi connectivity index (χ0) is 23.4. The summed E-state index contributed by atoms with van der Waals surface area (Å²) < 4.78 is 5.49. The van der Waals surface area contributed by atoms with Crippen molar-refractivity contribution in [3.63, 3.8) is 0 Å². The van der Waals surface area contributed by atoms with Gasteiger partial charge in [0.25, 0.3) is 5.91 Å². The number of nitrogens with zero attached hydrogens (tertiary/aromatic N) is 1. The monoisotopic (exact) mass is 440 g/mol. The molecular formula is C27H24N2O4. The number of ether oxygens (including phenoxy) is 1. The number of aromatic nitrogens is 1. The van der Waals surface area contributed by atoms with Crippen molar-refractivity contribution in [3.8, 4) is 17.0 Å². The van der Waals surface area contributed by atoms with Gasteiger partial charge in [0.05, 0.1) is 19.6 Å². The molecule has 0 aliphatic carbocycles. The standard InChI is InChI=1S/C27H24N2O4/c1-17-7-9-19(10-8-17)23(16-25(30)31)29-27(32)22-13-14-24(33-2)26(28-22)21-12-11-18-5-3-4-6-20(18)15-21/h3-15,23H,16H2,1-2H3,(H,29,32)(H,30,31). The normalized spacial score (nSPS) is 11.7. The number of carbonyl (C=O) groups is 2. The van der Waals surface area contributed by atoms with Crippen LogP contribution in [0, 0.1) is 6.92 Å². The molecule has 166 valence electrons. The molecular weight excluding hydrogens is 416 g/mol. The lowest BCUT2D eigenvalue weighted by Crippen LogP contribution is -2.30. The summed E-state index contributed by atoms with van der Waals surface area (Å²) in [5, 5.41) is 14.3. The van der Waals surface area contributed by atoms with Gasteiger partial charge in [-0.2, -0.15) is 0 Å². The lowest BCUT2D eigenvalue weighted by atomic mass is 10.0. The van der Waals surface area contributed by atoms with Gasteiger partial charge in [-0.1, -0.05) is 66.2 Å². The number of carboxylic acids is 1. The van der Waals surface area contributed by atoms with Crippen LogP contribution in [0.3, 0.4) is 0 Å². The smallest absolute Gasteiger partial charge is 0.305 e. The van der Waals surface area contributed by atoms with Crippen LogP contribution in [-0.2, 0) is 4.79 Å². The Hall–Kier alpha value is -4.19. The van der Waals surface area contributed by atoms with Gasteiger partial charge in [0.2, 0.25) is 0 Å². The first-order valence-electron chi connectivity index (χ1n) is 10.6. The van der Waals surface area contributed by atoms with Crippen LogP contribution in [0.1, 0.15) is 34.1 Å². The summed E-state index contributed by atoms with van der Waals surface area (Å²) in [6, 6.07) is 24.0. The molecule has 1 atom stereocenters. The Bertz CT molecular complexity index is 1320. The van der Waals surface area contributed by atoms with E-state index in [2.05, 4.69) is 10.3 Å². The number of pyridine rings is 1. The van der Waals surface area contributed by atoms with Gasteiger partial charge >= 0.3 is 5.97 Å². The highest BCUT2D eigenvalue weighted by Crippen LogP contribution is 2.31. The number of aliphatic carboxylic acids is 1. The molecule has 4 rings (SSSR count). The van der Waals surface area contributed by atoms with Crippen molar-refractivity contribution in [2.75, 3.05) is 7.11 Å². The second kappa shape index (κ2) is 9.53. The van der Waals surface area contributed by atoms with Gasteiger partial charge in [0, 0.05) is 5.56 Å². The molecule has 0 saturated carbocycles. The molecule has 4 aromatic rings. The molecule has 6 heteroatoms. The number of fused-ring (bicyclic) bond motifs is 1. The second-order valence-corrected chi connectivity index (χ2v) is 7.84. The van der Waals surface area contributed by atoms with Crippen molar-refractivity contribution in [1.82, 2.24) is 10.3 Å². The third kappa shape index (κ3) is 5.01. The summed E-state index contributed by atoms with van der Waals surface area (Å²) in [4.78, 5) is 29.1. The summed E-state index contributed by atoms with van der Waals surface area (Å²) in [5.74, 6) is -0.908. The molecule has 1 heterocycles. The number of amides is 1. The van der Waals surface area contributed by atoms with Gasteiger partial charge in [0.15, 0.2) is 0 Å². The van der Waals surface area contributed by atoms with Crippen molar-refractivity contribution in [2.45, 2.75) is 19.4 Å². The van der Waals surface area contributed by atoms with Crippen LogP contribution < -0.4 is 10.1 Å². The lowest BCUT2D eigenvalue weighted by Gasteiger charge is -2.18. The molecule has 0 aliphatic rings. The molecule has 0 fully saturated rings. The van der Waals surface area contributed by atoms with Gasteiger partial charge in [-0.05, 0) is 41.5 Å². The summed E-state index contributed by atoms with van der Waals surface area (Å²) in [7, 11) is 1.56. The minimum absolute atomic E-state index is 0.182. The Morgan fingerprint density at radius 3 is 2.39 bits per heavy atom. The number of carbonyl (C=O) groups excluding carboxylic acids is 1. The van der Waals surface area contributed by atoms with Gasteiger partial charge in [-0.15, -0.1) is 0 Å². The molecule has 3 aromatic carbocycles. The van der Waals surface area contributed by atoms with Crippen LogP contribution in [0.25, 0.3) is 22.0 Å². The quantitative estimate of drug-likeness (QED) is 0.414. The van der Waals surface area contributed by atoms with E-state index in [0.717, 1.165) is 27.5 Å². The average molecular weight is 440 g/mol. The predicted octanol–water partition coefficient (Wildman–Crippen LogP) is 5.16. The number of nitrogens with one attached hydrogen (secondary N) is 1. The Morgan fingerprint density at radius 1 is 0.970 bits per heavy atom. The Kier molecular flexibility index (Phi) is 6.36. The topological polar surface area (TPSA) is 88.5 Å². The van der Waals surface area contributed by atoms with Crippen LogP contribution in [0.5, 0.6) is 5.75 Å². The first kappa shape index (κ1) is 22.0. The molecule has 2 N–H and O–H groups in total. The fourth-order valence-corrected chi connectivity index (χ4v) is 3.74. The minimum atomic E-state index is -1.000. The highest BCUT2D eigenvalue weighted by atomic mass is 16.5. The van der Waals surface area contributed by atoms with E-state index in [9.17, 15) is 14.7 Å². The molecule has 1 amide bonds. The highest BCUT2D eigenvalue weighted by Gasteiger charge is 2.21. The van der Waals surface area contributed by atoms with Crippen molar-refractivity contribution in [2.24, 2.45) is 0 Å². The zero-order valence-corrected chi connectivity index (χ0v) is 18.4. The third-order valence-corrected chi connectivity index (χ3v) is 5.50. The van der Waals surface area contributed by atoms with Gasteiger partial charge in [-0.25, -0.2) is 4.98 Å². The molecule has 0 radical (unpaired) electrons. The van der Waals surface area contributed by atoms with Crippen molar-refractivity contribution < 1.29 is 19.4 Å². The summed E-state index contributed by atoms with van der Waals surface area (Å²) in [6.07, 6.45) is -0.234. The maximum absolute atomic E-state index is 13.1. The summed E-state index contributed by atoms with van der Waals surface area (Å²) in [5.41, 5.74) is 3.32. The van der Waals surface area contributed by atoms with Crippen molar-refractivity contribution in [1.29, 1.82) is 0 Å². The van der Waals surface area contributed by atoms with E-state index < -0.39 is 17.9 Å². The van der Waals surface area contributed by atoms with Gasteiger partial charge in [-0.3, -0.25) is 9.59 Å². The SMILES string of the molecule is COc1ccc(C(=O)NC(CC(=O)O)c2ccc(C)cc2)nc1-c1ccc2ccccc2c1. The summed E-state index contributed by atoms with van der Waals surface area (Å²) >= 11 is 0. The first-order valence-corrected chi connectivity index (χ1v) is 10.6. The molecule has 0 bridgehead atoms. The maximum Gasteiger partial charge on any atom is 0.305 e.